The summed E-state index contributed by atoms with van der Waals surface area (Å²) in [6.45, 7) is 12.3. The smallest absolute Gasteiger partial charge is 0.248 e. The number of hydrogen-bond donors (Lipinski definition) is 1. The largest absolute Gasteiger partial charge is 0.322 e. The van der Waals surface area contributed by atoms with Gasteiger partial charge in [-0.15, -0.1) is 0 Å². The molecule has 1 amide bonds. The third kappa shape index (κ3) is 2.57. The molecule has 0 fully saturated rings. The molecule has 1 N–H and O–H groups in total. The molecule has 0 bridgehead atoms. The first-order valence-corrected chi connectivity index (χ1v) is 5.90. The predicted octanol–water partition coefficient (Wildman–Crippen LogP) is 3.74. The lowest BCUT2D eigenvalue weighted by Gasteiger charge is -2.18. The zero-order valence-electron chi connectivity index (χ0n) is 11.6. The lowest BCUT2D eigenvalue weighted by Crippen LogP contribution is -2.12. The number of benzene rings is 1. The van der Waals surface area contributed by atoms with E-state index < -0.39 is 0 Å². The molecule has 0 radical (unpaired) electrons. The number of carbonyl (C=O) groups excluding carboxylic acids is 1. The average Bonchev–Trinajstić information content (AvgIpc) is 2.30. The van der Waals surface area contributed by atoms with Gasteiger partial charge >= 0.3 is 0 Å². The molecule has 2 nitrogen and oxygen atoms in total. The summed E-state index contributed by atoms with van der Waals surface area (Å²) in [4.78, 5) is 11.6. The third-order valence-electron chi connectivity index (χ3n) is 3.57. The molecular weight excluding hydrogens is 210 g/mol. The molecule has 0 aliphatic heterocycles. The molecule has 0 spiro atoms. The molecule has 1 aromatic rings. The Labute approximate surface area is 104 Å². The zero-order valence-corrected chi connectivity index (χ0v) is 11.6. The lowest BCUT2D eigenvalue weighted by molar-refractivity contribution is -0.111. The first kappa shape index (κ1) is 13.5. The molecule has 0 aromatic heterocycles. The van der Waals surface area contributed by atoms with Crippen LogP contribution in [0.1, 0.15) is 34.7 Å². The highest BCUT2D eigenvalue weighted by Crippen LogP contribution is 2.30. The van der Waals surface area contributed by atoms with Gasteiger partial charge in [0.05, 0.1) is 0 Å². The van der Waals surface area contributed by atoms with Crippen LogP contribution in [0.2, 0.25) is 0 Å². The van der Waals surface area contributed by atoms with Crippen molar-refractivity contribution in [1.29, 1.82) is 0 Å². The van der Waals surface area contributed by atoms with E-state index in [2.05, 4.69) is 39.9 Å². The van der Waals surface area contributed by atoms with Gasteiger partial charge in [-0.05, 0) is 75.4 Å². The Morgan fingerprint density at radius 1 is 0.882 bits per heavy atom. The third-order valence-corrected chi connectivity index (χ3v) is 3.57. The fraction of sp³-hybridized carbons (Fsp3) is 0.400. The summed E-state index contributed by atoms with van der Waals surface area (Å²) in [5.74, 6) is -0.0682. The fourth-order valence-corrected chi connectivity index (χ4v) is 2.00. The van der Waals surface area contributed by atoms with E-state index in [0.717, 1.165) is 16.8 Å². The molecule has 2 heteroatoms. The van der Waals surface area contributed by atoms with E-state index in [0.29, 0.717) is 0 Å². The van der Waals surface area contributed by atoms with Gasteiger partial charge in [0, 0.05) is 5.69 Å². The van der Waals surface area contributed by atoms with Crippen molar-refractivity contribution >= 4 is 11.6 Å². The Hall–Kier alpha value is -1.57. The number of carbonyl (C=O) groups is 1. The SMILES string of the molecule is C/C=C/C(=O)Nc1c(C)c(C)c(C)c(C)c1C. The normalized spacial score (nSPS) is 10.9. The van der Waals surface area contributed by atoms with Crippen LogP contribution in [-0.2, 0) is 4.79 Å². The van der Waals surface area contributed by atoms with Crippen molar-refractivity contribution in [2.75, 3.05) is 5.32 Å². The van der Waals surface area contributed by atoms with Crippen molar-refractivity contribution in [2.24, 2.45) is 0 Å². The first-order chi connectivity index (χ1) is 7.90. The molecule has 1 aromatic carbocycles. The molecule has 0 saturated heterocycles. The second-order valence-corrected chi connectivity index (χ2v) is 4.49. The van der Waals surface area contributed by atoms with Crippen LogP contribution in [-0.4, -0.2) is 5.91 Å². The van der Waals surface area contributed by atoms with E-state index in [4.69, 9.17) is 0 Å². The second-order valence-electron chi connectivity index (χ2n) is 4.49. The number of rotatable bonds is 2. The van der Waals surface area contributed by atoms with Crippen LogP contribution in [0.3, 0.4) is 0 Å². The van der Waals surface area contributed by atoms with Crippen molar-refractivity contribution in [3.8, 4) is 0 Å². The predicted molar refractivity (Wildman–Crippen MR) is 73.6 cm³/mol. The summed E-state index contributed by atoms with van der Waals surface area (Å²) in [6.07, 6.45) is 3.29. The van der Waals surface area contributed by atoms with Gasteiger partial charge < -0.3 is 5.32 Å². The summed E-state index contributed by atoms with van der Waals surface area (Å²) in [6, 6.07) is 0. The monoisotopic (exact) mass is 231 g/mol. The van der Waals surface area contributed by atoms with Crippen LogP contribution in [0.4, 0.5) is 5.69 Å². The Bertz CT molecular complexity index is 455. The van der Waals surface area contributed by atoms with Gasteiger partial charge in [-0.2, -0.15) is 0 Å². The Kier molecular flexibility index (Phi) is 4.11. The average molecular weight is 231 g/mol. The summed E-state index contributed by atoms with van der Waals surface area (Å²) in [7, 11) is 0. The van der Waals surface area contributed by atoms with Crippen molar-refractivity contribution in [1.82, 2.24) is 0 Å². The highest BCUT2D eigenvalue weighted by Gasteiger charge is 2.13. The molecule has 0 aliphatic carbocycles. The second kappa shape index (κ2) is 5.17. The molecule has 0 aliphatic rings. The summed E-state index contributed by atoms with van der Waals surface area (Å²) >= 11 is 0. The molecule has 0 saturated carbocycles. The first-order valence-electron chi connectivity index (χ1n) is 5.90. The van der Waals surface area contributed by atoms with E-state index in [-0.39, 0.29) is 5.91 Å². The van der Waals surface area contributed by atoms with Crippen molar-refractivity contribution in [2.45, 2.75) is 41.5 Å². The van der Waals surface area contributed by atoms with Crippen LogP contribution in [0.5, 0.6) is 0 Å². The topological polar surface area (TPSA) is 29.1 Å². The quantitative estimate of drug-likeness (QED) is 0.772. The maximum absolute atomic E-state index is 11.6. The Morgan fingerprint density at radius 3 is 1.71 bits per heavy atom. The van der Waals surface area contributed by atoms with Gasteiger partial charge in [-0.25, -0.2) is 0 Å². The van der Waals surface area contributed by atoms with E-state index >= 15 is 0 Å². The molecule has 0 atom stereocenters. The summed E-state index contributed by atoms with van der Waals surface area (Å²) in [5.41, 5.74) is 7.08. The van der Waals surface area contributed by atoms with E-state index in [9.17, 15) is 4.79 Å². The fourth-order valence-electron chi connectivity index (χ4n) is 2.00. The van der Waals surface area contributed by atoms with Crippen LogP contribution in [0.15, 0.2) is 12.2 Å². The van der Waals surface area contributed by atoms with E-state index in [1.165, 1.54) is 16.7 Å². The van der Waals surface area contributed by atoms with Gasteiger partial charge in [-0.3, -0.25) is 4.79 Å². The zero-order chi connectivity index (χ0) is 13.2. The lowest BCUT2D eigenvalue weighted by atomic mass is 9.93. The highest BCUT2D eigenvalue weighted by molar-refractivity contribution is 6.00. The molecule has 0 unspecified atom stereocenters. The minimum Gasteiger partial charge on any atom is -0.322 e. The van der Waals surface area contributed by atoms with Gasteiger partial charge in [-0.1, -0.05) is 6.08 Å². The van der Waals surface area contributed by atoms with Gasteiger partial charge in [0.2, 0.25) is 5.91 Å². The van der Waals surface area contributed by atoms with Crippen LogP contribution in [0, 0.1) is 34.6 Å². The number of anilines is 1. The molecule has 17 heavy (non-hydrogen) atoms. The van der Waals surface area contributed by atoms with Crippen molar-refractivity contribution in [3.05, 3.63) is 40.0 Å². The number of amides is 1. The molecule has 0 heterocycles. The van der Waals surface area contributed by atoms with Crippen molar-refractivity contribution in [3.63, 3.8) is 0 Å². The Morgan fingerprint density at radius 2 is 1.29 bits per heavy atom. The number of hydrogen-bond acceptors (Lipinski definition) is 1. The maximum atomic E-state index is 11.6. The maximum Gasteiger partial charge on any atom is 0.248 e. The van der Waals surface area contributed by atoms with Crippen LogP contribution in [0.25, 0.3) is 0 Å². The summed E-state index contributed by atoms with van der Waals surface area (Å²) < 4.78 is 0. The van der Waals surface area contributed by atoms with E-state index in [1.54, 1.807) is 12.2 Å². The summed E-state index contributed by atoms with van der Waals surface area (Å²) in [5, 5.41) is 2.96. The molecule has 1 rings (SSSR count). The van der Waals surface area contributed by atoms with Crippen LogP contribution < -0.4 is 5.32 Å². The standard InChI is InChI=1S/C15H21NO/c1-7-8-14(17)16-15-12(5)10(3)9(2)11(4)13(15)6/h7-8H,1-6H3,(H,16,17)/b8-7+. The van der Waals surface area contributed by atoms with Gasteiger partial charge in [0.1, 0.15) is 0 Å². The Balaban J connectivity index is 3.30. The van der Waals surface area contributed by atoms with Crippen LogP contribution >= 0.6 is 0 Å². The van der Waals surface area contributed by atoms with Crippen molar-refractivity contribution < 1.29 is 4.79 Å². The van der Waals surface area contributed by atoms with Gasteiger partial charge in [0.15, 0.2) is 0 Å². The van der Waals surface area contributed by atoms with E-state index in [1.807, 2.05) is 6.92 Å². The minimum absolute atomic E-state index is 0.0682. The number of nitrogens with one attached hydrogen (secondary N) is 1. The molecule has 92 valence electrons. The molecular formula is C15H21NO. The van der Waals surface area contributed by atoms with Gasteiger partial charge in [0.25, 0.3) is 0 Å². The minimum atomic E-state index is -0.0682. The number of allylic oxidation sites excluding steroid dienone is 1. The highest BCUT2D eigenvalue weighted by atomic mass is 16.1.